The summed E-state index contributed by atoms with van der Waals surface area (Å²) in [6, 6.07) is -0.627. The topological polar surface area (TPSA) is 78.5 Å². The lowest BCUT2D eigenvalue weighted by Crippen LogP contribution is -2.26. The van der Waals surface area contributed by atoms with Crippen LogP contribution < -0.4 is 0 Å². The van der Waals surface area contributed by atoms with Crippen molar-refractivity contribution in [3.8, 4) is 0 Å². The lowest BCUT2D eigenvalue weighted by Gasteiger charge is -2.14. The normalized spacial score (nSPS) is 12.1. The monoisotopic (exact) mass is 322 g/mol. The van der Waals surface area contributed by atoms with Crippen molar-refractivity contribution in [1.82, 2.24) is 30.0 Å². The number of carbonyl (C=O) groups excluding carboxylic acids is 1. The fourth-order valence-corrected chi connectivity index (χ4v) is 2.02. The molecule has 0 amide bonds. The maximum Gasteiger partial charge on any atom is 0.372 e. The highest BCUT2D eigenvalue weighted by Gasteiger charge is 2.36. The molecule has 0 aromatic carbocycles. The maximum atomic E-state index is 12.2. The van der Waals surface area contributed by atoms with Crippen molar-refractivity contribution >= 4 is 40.8 Å². The van der Waals surface area contributed by atoms with E-state index in [2.05, 4.69) is 20.6 Å². The SMILES string of the molecule is CC(C)c1nnn(C(=O)n2ccnn2)c1C(Cl)(Cl)Cl. The number of alkyl halides is 3. The van der Waals surface area contributed by atoms with E-state index in [-0.39, 0.29) is 11.6 Å². The molecule has 0 aliphatic heterocycles. The average molecular weight is 324 g/mol. The van der Waals surface area contributed by atoms with Crippen molar-refractivity contribution < 1.29 is 4.79 Å². The molecule has 0 spiro atoms. The third-order valence-electron chi connectivity index (χ3n) is 2.31. The maximum absolute atomic E-state index is 12.2. The molecule has 10 heteroatoms. The van der Waals surface area contributed by atoms with Crippen LogP contribution in [0.4, 0.5) is 4.79 Å². The summed E-state index contributed by atoms with van der Waals surface area (Å²) < 4.78 is 0.0645. The van der Waals surface area contributed by atoms with Crippen LogP contribution in [0.3, 0.4) is 0 Å². The molecule has 2 aromatic heterocycles. The molecule has 19 heavy (non-hydrogen) atoms. The van der Waals surface area contributed by atoms with Crippen molar-refractivity contribution in [1.29, 1.82) is 0 Å². The standard InChI is InChI=1S/C9H9Cl3N6O/c1-5(2)6-7(9(10,11)12)18(16-14-6)8(19)17-4-3-13-15-17/h3-5H,1-2H3. The fourth-order valence-electron chi connectivity index (χ4n) is 1.49. The zero-order valence-electron chi connectivity index (χ0n) is 9.96. The van der Waals surface area contributed by atoms with Crippen LogP contribution >= 0.6 is 34.8 Å². The smallest absolute Gasteiger partial charge is 0.243 e. The van der Waals surface area contributed by atoms with Crippen LogP contribution in [0.5, 0.6) is 0 Å². The second-order valence-electron chi connectivity index (χ2n) is 4.02. The van der Waals surface area contributed by atoms with Gasteiger partial charge in [0.2, 0.25) is 3.79 Å². The quantitative estimate of drug-likeness (QED) is 0.753. The summed E-state index contributed by atoms with van der Waals surface area (Å²) >= 11 is 17.7. The first-order valence-corrected chi connectivity index (χ1v) is 6.39. The van der Waals surface area contributed by atoms with Crippen molar-refractivity contribution in [3.05, 3.63) is 23.8 Å². The third kappa shape index (κ3) is 2.72. The van der Waals surface area contributed by atoms with Gasteiger partial charge < -0.3 is 0 Å². The van der Waals surface area contributed by atoms with Gasteiger partial charge in [-0.25, -0.2) is 4.79 Å². The largest absolute Gasteiger partial charge is 0.372 e. The molecule has 0 saturated heterocycles. The molecule has 0 radical (unpaired) electrons. The summed E-state index contributed by atoms with van der Waals surface area (Å²) in [5, 5.41) is 14.7. The number of rotatable bonds is 1. The zero-order chi connectivity index (χ0) is 14.2. The molecular weight excluding hydrogens is 314 g/mol. The molecule has 0 unspecified atom stereocenters. The molecule has 0 fully saturated rings. The van der Waals surface area contributed by atoms with Crippen LogP contribution in [-0.4, -0.2) is 36.0 Å². The van der Waals surface area contributed by atoms with E-state index in [9.17, 15) is 4.79 Å². The number of halogens is 3. The van der Waals surface area contributed by atoms with E-state index in [0.717, 1.165) is 9.36 Å². The molecule has 2 aromatic rings. The van der Waals surface area contributed by atoms with Gasteiger partial charge in [0.05, 0.1) is 18.1 Å². The molecule has 0 atom stereocenters. The van der Waals surface area contributed by atoms with Gasteiger partial charge in [0.25, 0.3) is 0 Å². The van der Waals surface area contributed by atoms with E-state index >= 15 is 0 Å². The van der Waals surface area contributed by atoms with Crippen LogP contribution in [0.2, 0.25) is 0 Å². The van der Waals surface area contributed by atoms with Crippen molar-refractivity contribution in [2.24, 2.45) is 0 Å². The number of carbonyl (C=O) groups is 1. The van der Waals surface area contributed by atoms with E-state index in [1.54, 1.807) is 0 Å². The number of nitrogens with zero attached hydrogens (tertiary/aromatic N) is 6. The Morgan fingerprint density at radius 3 is 2.47 bits per heavy atom. The highest BCUT2D eigenvalue weighted by molar-refractivity contribution is 6.66. The minimum Gasteiger partial charge on any atom is -0.243 e. The molecule has 102 valence electrons. The van der Waals surface area contributed by atoms with Crippen LogP contribution in [0, 0.1) is 0 Å². The molecule has 0 aliphatic rings. The van der Waals surface area contributed by atoms with Crippen LogP contribution in [0.25, 0.3) is 0 Å². The number of hydrogen-bond donors (Lipinski definition) is 0. The molecule has 0 aliphatic carbocycles. The molecule has 7 nitrogen and oxygen atoms in total. The summed E-state index contributed by atoms with van der Waals surface area (Å²) in [4.78, 5) is 12.2. The number of aromatic nitrogens is 6. The average Bonchev–Trinajstić information content (AvgIpc) is 2.96. The van der Waals surface area contributed by atoms with Crippen molar-refractivity contribution in [3.63, 3.8) is 0 Å². The Kier molecular flexibility index (Phi) is 3.80. The summed E-state index contributed by atoms with van der Waals surface area (Å²) in [6.45, 7) is 3.71. The highest BCUT2D eigenvalue weighted by atomic mass is 35.6. The second kappa shape index (κ2) is 5.07. The van der Waals surface area contributed by atoms with Gasteiger partial charge in [-0.05, 0) is 5.92 Å². The lowest BCUT2D eigenvalue weighted by molar-refractivity contribution is 0.236. The van der Waals surface area contributed by atoms with E-state index in [1.807, 2.05) is 13.8 Å². The minimum atomic E-state index is -1.82. The van der Waals surface area contributed by atoms with Gasteiger partial charge in [-0.1, -0.05) is 59.1 Å². The van der Waals surface area contributed by atoms with Crippen LogP contribution in [0.1, 0.15) is 31.2 Å². The Labute approximate surface area is 123 Å². The number of hydrogen-bond acceptors (Lipinski definition) is 5. The first-order valence-electron chi connectivity index (χ1n) is 5.26. The predicted octanol–water partition coefficient (Wildman–Crippen LogP) is 2.34. The fraction of sp³-hybridized carbons (Fsp3) is 0.444. The molecule has 0 saturated carbocycles. The Balaban J connectivity index is 2.56. The second-order valence-corrected chi connectivity index (χ2v) is 6.30. The highest BCUT2D eigenvalue weighted by Crippen LogP contribution is 2.41. The van der Waals surface area contributed by atoms with E-state index in [0.29, 0.717) is 5.69 Å². The Hall–Kier alpha value is -1.18. The minimum absolute atomic E-state index is 0.0529. The van der Waals surface area contributed by atoms with Gasteiger partial charge in [-0.3, -0.25) is 0 Å². The third-order valence-corrected chi connectivity index (χ3v) is 2.85. The molecule has 2 heterocycles. The lowest BCUT2D eigenvalue weighted by atomic mass is 10.1. The summed E-state index contributed by atoms with van der Waals surface area (Å²) in [7, 11) is 0. The first kappa shape index (κ1) is 14.2. The van der Waals surface area contributed by atoms with Crippen LogP contribution in [-0.2, 0) is 3.79 Å². The van der Waals surface area contributed by atoms with Crippen molar-refractivity contribution in [2.75, 3.05) is 0 Å². The predicted molar refractivity (Wildman–Crippen MR) is 69.6 cm³/mol. The molecule has 2 rings (SSSR count). The van der Waals surface area contributed by atoms with E-state index in [1.165, 1.54) is 12.4 Å². The Bertz CT molecular complexity index is 586. The Morgan fingerprint density at radius 1 is 1.32 bits per heavy atom. The summed E-state index contributed by atoms with van der Waals surface area (Å²) in [5.74, 6) is -0.0529. The van der Waals surface area contributed by atoms with E-state index < -0.39 is 9.82 Å². The Morgan fingerprint density at radius 2 is 2.00 bits per heavy atom. The molecule has 0 N–H and O–H groups in total. The first-order chi connectivity index (χ1) is 8.82. The van der Waals surface area contributed by atoms with Crippen LogP contribution in [0.15, 0.2) is 12.4 Å². The molecular formula is C9H9Cl3N6O. The van der Waals surface area contributed by atoms with Crippen molar-refractivity contribution in [2.45, 2.75) is 23.6 Å². The van der Waals surface area contributed by atoms with Gasteiger partial charge in [-0.2, -0.15) is 9.36 Å². The van der Waals surface area contributed by atoms with Gasteiger partial charge in [0.1, 0.15) is 5.69 Å². The van der Waals surface area contributed by atoms with E-state index in [4.69, 9.17) is 34.8 Å². The van der Waals surface area contributed by atoms with Gasteiger partial charge in [0.15, 0.2) is 0 Å². The zero-order valence-corrected chi connectivity index (χ0v) is 12.2. The summed E-state index contributed by atoms with van der Waals surface area (Å²) in [5.41, 5.74) is 0.543. The molecule has 0 bridgehead atoms. The van der Waals surface area contributed by atoms with Gasteiger partial charge >= 0.3 is 6.03 Å². The van der Waals surface area contributed by atoms with Gasteiger partial charge in [-0.15, -0.1) is 10.2 Å². The van der Waals surface area contributed by atoms with Gasteiger partial charge in [0, 0.05) is 0 Å². The summed E-state index contributed by atoms with van der Waals surface area (Å²) in [6.07, 6.45) is 2.72.